The van der Waals surface area contributed by atoms with Crippen LogP contribution in [-0.4, -0.2) is 32.6 Å². The maximum Gasteiger partial charge on any atom is 0.210 e. The van der Waals surface area contributed by atoms with Crippen LogP contribution >= 0.6 is 0 Å². The van der Waals surface area contributed by atoms with Crippen LogP contribution in [0.5, 0.6) is 0 Å². The van der Waals surface area contributed by atoms with Gasteiger partial charge in [-0.15, -0.1) is 0 Å². The lowest BCUT2D eigenvalue weighted by Crippen LogP contribution is -2.27. The van der Waals surface area contributed by atoms with Gasteiger partial charge in [0.1, 0.15) is 0 Å². The van der Waals surface area contributed by atoms with Crippen molar-refractivity contribution in [3.8, 4) is 0 Å². The molecule has 1 rings (SSSR count). The Labute approximate surface area is 105 Å². The van der Waals surface area contributed by atoms with Gasteiger partial charge in [-0.05, 0) is 23.5 Å². The first-order valence-corrected chi connectivity index (χ1v) is 7.65. The zero-order valence-corrected chi connectivity index (χ0v) is 11.8. The van der Waals surface area contributed by atoms with E-state index in [0.717, 1.165) is 6.42 Å². The zero-order chi connectivity index (χ0) is 13.1. The minimum atomic E-state index is -3.06. The van der Waals surface area contributed by atoms with E-state index in [4.69, 9.17) is 0 Å². The lowest BCUT2D eigenvalue weighted by atomic mass is 10.0. The van der Waals surface area contributed by atoms with Crippen LogP contribution in [0.15, 0.2) is 24.3 Å². The van der Waals surface area contributed by atoms with Crippen LogP contribution in [0.25, 0.3) is 0 Å². The van der Waals surface area contributed by atoms with E-state index in [1.165, 1.54) is 21.7 Å². The summed E-state index contributed by atoms with van der Waals surface area (Å²) in [6, 6.07) is 8.37. The summed E-state index contributed by atoms with van der Waals surface area (Å²) in [5.41, 5.74) is 2.48. The van der Waals surface area contributed by atoms with Crippen molar-refractivity contribution in [2.75, 3.05) is 19.8 Å². The molecule has 0 spiro atoms. The molecule has 0 radical (unpaired) electrons. The zero-order valence-electron chi connectivity index (χ0n) is 11.0. The van der Waals surface area contributed by atoms with Crippen LogP contribution in [0.2, 0.25) is 0 Å². The summed E-state index contributed by atoms with van der Waals surface area (Å²) >= 11 is 0. The summed E-state index contributed by atoms with van der Waals surface area (Å²) in [6.45, 7) is 4.85. The molecule has 0 saturated heterocycles. The van der Waals surface area contributed by atoms with Gasteiger partial charge in [-0.25, -0.2) is 12.7 Å². The molecule has 1 aromatic rings. The molecular formula is C13H21NO2S. The summed E-state index contributed by atoms with van der Waals surface area (Å²) in [5, 5.41) is 0. The normalized spacial score (nSPS) is 12.4. The lowest BCUT2D eigenvalue weighted by Gasteiger charge is -2.14. The highest BCUT2D eigenvalue weighted by Crippen LogP contribution is 2.15. The Morgan fingerprint density at radius 3 is 2.12 bits per heavy atom. The molecule has 0 aliphatic rings. The molecule has 17 heavy (non-hydrogen) atoms. The van der Waals surface area contributed by atoms with Gasteiger partial charge >= 0.3 is 0 Å². The number of sulfonamides is 1. The second-order valence-corrected chi connectivity index (χ2v) is 6.82. The van der Waals surface area contributed by atoms with Crippen LogP contribution in [0.4, 0.5) is 0 Å². The Morgan fingerprint density at radius 2 is 1.71 bits per heavy atom. The van der Waals surface area contributed by atoms with Gasteiger partial charge in [-0.2, -0.15) is 0 Å². The minimum absolute atomic E-state index is 0.528. The first kappa shape index (κ1) is 14.2. The van der Waals surface area contributed by atoms with Crippen molar-refractivity contribution in [2.24, 2.45) is 0 Å². The smallest absolute Gasteiger partial charge is 0.210 e. The predicted octanol–water partition coefficient (Wildman–Crippen LogP) is 2.24. The molecule has 0 heterocycles. The SMILES string of the molecule is CC(C)c1ccc(CCN(C)S(C)(=O)=O)cc1. The monoisotopic (exact) mass is 255 g/mol. The molecule has 96 valence electrons. The molecule has 0 N–H and O–H groups in total. The number of nitrogens with zero attached hydrogens (tertiary/aromatic N) is 1. The van der Waals surface area contributed by atoms with Gasteiger partial charge in [0.15, 0.2) is 0 Å². The third-order valence-electron chi connectivity index (χ3n) is 2.93. The maximum absolute atomic E-state index is 11.2. The average Bonchev–Trinajstić information content (AvgIpc) is 2.25. The highest BCUT2D eigenvalue weighted by molar-refractivity contribution is 7.88. The van der Waals surface area contributed by atoms with Gasteiger partial charge in [-0.3, -0.25) is 0 Å². The van der Waals surface area contributed by atoms with Gasteiger partial charge in [0, 0.05) is 13.6 Å². The first-order valence-electron chi connectivity index (χ1n) is 5.81. The molecule has 0 aliphatic carbocycles. The van der Waals surface area contributed by atoms with Gasteiger partial charge in [0.2, 0.25) is 10.0 Å². The van der Waals surface area contributed by atoms with E-state index in [1.54, 1.807) is 7.05 Å². The quantitative estimate of drug-likeness (QED) is 0.809. The highest BCUT2D eigenvalue weighted by Gasteiger charge is 2.10. The Bertz CT molecular complexity index is 449. The standard InChI is InChI=1S/C13H21NO2S/c1-11(2)13-7-5-12(6-8-13)9-10-14(3)17(4,15)16/h5-8,11H,9-10H2,1-4H3. The summed E-state index contributed by atoms with van der Waals surface area (Å²) in [6.07, 6.45) is 1.98. The number of likely N-dealkylation sites (N-methyl/N-ethyl adjacent to an activating group) is 1. The molecule has 1 aromatic carbocycles. The molecule has 0 aliphatic heterocycles. The third kappa shape index (κ3) is 4.48. The topological polar surface area (TPSA) is 37.4 Å². The number of rotatable bonds is 5. The van der Waals surface area contributed by atoms with E-state index >= 15 is 0 Å². The van der Waals surface area contributed by atoms with Crippen molar-refractivity contribution in [2.45, 2.75) is 26.2 Å². The van der Waals surface area contributed by atoms with Gasteiger partial charge in [0.05, 0.1) is 6.26 Å². The van der Waals surface area contributed by atoms with Gasteiger partial charge in [-0.1, -0.05) is 38.1 Å². The van der Waals surface area contributed by atoms with Crippen molar-refractivity contribution in [3.05, 3.63) is 35.4 Å². The molecule has 0 aromatic heterocycles. The Hall–Kier alpha value is -0.870. The van der Waals surface area contributed by atoms with Crippen molar-refractivity contribution < 1.29 is 8.42 Å². The lowest BCUT2D eigenvalue weighted by molar-refractivity contribution is 0.478. The molecule has 0 fully saturated rings. The summed E-state index contributed by atoms with van der Waals surface area (Å²) < 4.78 is 23.8. The van der Waals surface area contributed by atoms with E-state index in [-0.39, 0.29) is 0 Å². The van der Waals surface area contributed by atoms with E-state index in [9.17, 15) is 8.42 Å². The number of hydrogen-bond donors (Lipinski definition) is 0. The summed E-state index contributed by atoms with van der Waals surface area (Å²) in [4.78, 5) is 0. The highest BCUT2D eigenvalue weighted by atomic mass is 32.2. The molecule has 0 unspecified atom stereocenters. The molecule has 4 heteroatoms. The second kappa shape index (κ2) is 5.65. The van der Waals surface area contributed by atoms with E-state index in [0.29, 0.717) is 12.5 Å². The molecular weight excluding hydrogens is 234 g/mol. The van der Waals surface area contributed by atoms with Crippen molar-refractivity contribution in [1.29, 1.82) is 0 Å². The largest absolute Gasteiger partial charge is 0.213 e. The fraction of sp³-hybridized carbons (Fsp3) is 0.538. The van der Waals surface area contributed by atoms with Crippen LogP contribution in [0.1, 0.15) is 30.9 Å². The second-order valence-electron chi connectivity index (χ2n) is 4.73. The van der Waals surface area contributed by atoms with Crippen molar-refractivity contribution in [1.82, 2.24) is 4.31 Å². The maximum atomic E-state index is 11.2. The fourth-order valence-electron chi connectivity index (χ4n) is 1.52. The van der Waals surface area contributed by atoms with Crippen LogP contribution in [0.3, 0.4) is 0 Å². The minimum Gasteiger partial charge on any atom is -0.213 e. The van der Waals surface area contributed by atoms with Gasteiger partial charge < -0.3 is 0 Å². The molecule has 3 nitrogen and oxygen atoms in total. The average molecular weight is 255 g/mol. The number of benzene rings is 1. The molecule has 0 saturated carbocycles. The van der Waals surface area contributed by atoms with Crippen molar-refractivity contribution >= 4 is 10.0 Å². The Morgan fingerprint density at radius 1 is 1.18 bits per heavy atom. The first-order chi connectivity index (χ1) is 7.80. The molecule has 0 atom stereocenters. The summed E-state index contributed by atoms with van der Waals surface area (Å²) in [5.74, 6) is 0.530. The Balaban J connectivity index is 2.59. The summed E-state index contributed by atoms with van der Waals surface area (Å²) in [7, 11) is -1.45. The van der Waals surface area contributed by atoms with Crippen LogP contribution in [-0.2, 0) is 16.4 Å². The van der Waals surface area contributed by atoms with E-state index in [1.807, 2.05) is 0 Å². The van der Waals surface area contributed by atoms with Crippen LogP contribution in [0, 0.1) is 0 Å². The predicted molar refractivity (Wildman–Crippen MR) is 71.7 cm³/mol. The molecule has 0 amide bonds. The van der Waals surface area contributed by atoms with Crippen LogP contribution < -0.4 is 0 Å². The Kier molecular flexibility index (Phi) is 4.71. The number of hydrogen-bond acceptors (Lipinski definition) is 2. The fourth-order valence-corrected chi connectivity index (χ4v) is 1.94. The van der Waals surface area contributed by atoms with E-state index < -0.39 is 10.0 Å². The molecule has 0 bridgehead atoms. The van der Waals surface area contributed by atoms with E-state index in [2.05, 4.69) is 38.1 Å². The van der Waals surface area contributed by atoms with Gasteiger partial charge in [0.25, 0.3) is 0 Å². The third-order valence-corrected chi connectivity index (χ3v) is 4.24. The van der Waals surface area contributed by atoms with Crippen molar-refractivity contribution in [3.63, 3.8) is 0 Å².